The zero-order chi connectivity index (χ0) is 9.97. The van der Waals surface area contributed by atoms with Gasteiger partial charge in [-0.3, -0.25) is 0 Å². The minimum Gasteiger partial charge on any atom is -0.460 e. The van der Waals surface area contributed by atoms with Gasteiger partial charge in [-0.05, 0) is 24.8 Å². The van der Waals surface area contributed by atoms with E-state index >= 15 is 0 Å². The van der Waals surface area contributed by atoms with Crippen molar-refractivity contribution in [2.75, 3.05) is 5.75 Å². The molecule has 74 valence electrons. The molecule has 0 aliphatic rings. The Labute approximate surface area is 88.0 Å². The average Bonchev–Trinajstić information content (AvgIpc) is 2.74. The third kappa shape index (κ3) is 1.85. The van der Waals surface area contributed by atoms with E-state index in [1.807, 2.05) is 19.1 Å². The number of aromatic amines is 1. The van der Waals surface area contributed by atoms with E-state index in [-0.39, 0.29) is 0 Å². The van der Waals surface area contributed by atoms with Crippen LogP contribution in [-0.2, 0) is 6.42 Å². The molecule has 0 fully saturated rings. The molecule has 4 heteroatoms. The second-order valence-corrected chi connectivity index (χ2v) is 3.57. The Morgan fingerprint density at radius 2 is 2.36 bits per heavy atom. The molecule has 0 amide bonds. The lowest BCUT2D eigenvalue weighted by Gasteiger charge is -1.91. The van der Waals surface area contributed by atoms with E-state index in [1.54, 1.807) is 6.20 Å². The highest BCUT2D eigenvalue weighted by Gasteiger charge is 2.05. The van der Waals surface area contributed by atoms with Gasteiger partial charge in [0.1, 0.15) is 17.3 Å². The lowest BCUT2D eigenvalue weighted by atomic mass is 10.3. The zero-order valence-corrected chi connectivity index (χ0v) is 8.84. The van der Waals surface area contributed by atoms with Crippen molar-refractivity contribution in [3.05, 3.63) is 29.9 Å². The number of nitrogens with zero attached hydrogens (tertiary/aromatic N) is 1. The molecule has 1 N–H and O–H groups in total. The fraction of sp³-hybridized carbons (Fsp3) is 0.300. The van der Waals surface area contributed by atoms with Gasteiger partial charge in [0.05, 0.1) is 6.20 Å². The van der Waals surface area contributed by atoms with Gasteiger partial charge in [0.2, 0.25) is 0 Å². The summed E-state index contributed by atoms with van der Waals surface area (Å²) >= 11 is 4.15. The van der Waals surface area contributed by atoms with Crippen LogP contribution in [0.3, 0.4) is 0 Å². The predicted octanol–water partition coefficient (Wildman–Crippen LogP) is 2.45. The van der Waals surface area contributed by atoms with E-state index in [0.29, 0.717) is 0 Å². The molecule has 0 aliphatic carbocycles. The van der Waals surface area contributed by atoms with Crippen molar-refractivity contribution >= 4 is 12.6 Å². The van der Waals surface area contributed by atoms with Crippen LogP contribution < -0.4 is 0 Å². The zero-order valence-electron chi connectivity index (χ0n) is 7.95. The van der Waals surface area contributed by atoms with E-state index in [1.165, 1.54) is 0 Å². The lowest BCUT2D eigenvalue weighted by molar-refractivity contribution is 0.546. The van der Waals surface area contributed by atoms with Crippen molar-refractivity contribution in [3.63, 3.8) is 0 Å². The molecule has 3 nitrogen and oxygen atoms in total. The molecule has 0 unspecified atom stereocenters. The lowest BCUT2D eigenvalue weighted by Crippen LogP contribution is -1.87. The minimum atomic E-state index is 0.796. The van der Waals surface area contributed by atoms with Crippen molar-refractivity contribution in [1.29, 1.82) is 0 Å². The Kier molecular flexibility index (Phi) is 2.63. The topological polar surface area (TPSA) is 41.8 Å². The van der Waals surface area contributed by atoms with Crippen molar-refractivity contribution in [2.45, 2.75) is 13.3 Å². The van der Waals surface area contributed by atoms with Crippen molar-refractivity contribution in [1.82, 2.24) is 9.97 Å². The number of furan rings is 1. The van der Waals surface area contributed by atoms with Gasteiger partial charge in [-0.2, -0.15) is 12.6 Å². The molecule has 2 aromatic rings. The second-order valence-electron chi connectivity index (χ2n) is 3.13. The third-order valence-corrected chi connectivity index (χ3v) is 2.21. The number of rotatable bonds is 3. The van der Waals surface area contributed by atoms with Crippen molar-refractivity contribution in [3.8, 4) is 11.5 Å². The van der Waals surface area contributed by atoms with Gasteiger partial charge in [0.15, 0.2) is 5.76 Å². The summed E-state index contributed by atoms with van der Waals surface area (Å²) in [5.74, 6) is 3.49. The Balaban J connectivity index is 2.24. The van der Waals surface area contributed by atoms with Crippen LogP contribution in [0.25, 0.3) is 11.5 Å². The first-order valence-corrected chi connectivity index (χ1v) is 5.14. The highest BCUT2D eigenvalue weighted by Crippen LogP contribution is 2.19. The molecule has 0 saturated carbocycles. The van der Waals surface area contributed by atoms with E-state index in [2.05, 4.69) is 22.6 Å². The largest absolute Gasteiger partial charge is 0.460 e. The normalized spacial score (nSPS) is 10.7. The first-order valence-electron chi connectivity index (χ1n) is 4.51. The molecule has 0 spiro atoms. The predicted molar refractivity (Wildman–Crippen MR) is 58.6 cm³/mol. The maximum atomic E-state index is 5.47. The van der Waals surface area contributed by atoms with Crippen LogP contribution in [0, 0.1) is 6.92 Å². The summed E-state index contributed by atoms with van der Waals surface area (Å²) in [5.41, 5.74) is 0.926. The molecular formula is C10H12N2OS. The number of hydrogen-bond acceptors (Lipinski definition) is 3. The fourth-order valence-corrected chi connectivity index (χ4v) is 1.51. The van der Waals surface area contributed by atoms with Crippen LogP contribution in [0.5, 0.6) is 0 Å². The van der Waals surface area contributed by atoms with E-state index in [4.69, 9.17) is 4.42 Å². The summed E-state index contributed by atoms with van der Waals surface area (Å²) in [5, 5.41) is 0. The van der Waals surface area contributed by atoms with Crippen LogP contribution in [0.2, 0.25) is 0 Å². The monoisotopic (exact) mass is 208 g/mol. The minimum absolute atomic E-state index is 0.796. The Morgan fingerprint density at radius 3 is 3.00 bits per heavy atom. The summed E-state index contributed by atoms with van der Waals surface area (Å²) in [6.07, 6.45) is 2.64. The third-order valence-electron chi connectivity index (χ3n) is 1.98. The maximum Gasteiger partial charge on any atom is 0.152 e. The average molecular weight is 208 g/mol. The van der Waals surface area contributed by atoms with Crippen LogP contribution >= 0.6 is 12.6 Å². The van der Waals surface area contributed by atoms with Gasteiger partial charge in [-0.1, -0.05) is 0 Å². The summed E-state index contributed by atoms with van der Waals surface area (Å²) in [4.78, 5) is 7.42. The van der Waals surface area contributed by atoms with E-state index in [0.717, 1.165) is 35.2 Å². The fourth-order valence-electron chi connectivity index (χ4n) is 1.30. The highest BCUT2D eigenvalue weighted by molar-refractivity contribution is 7.80. The first kappa shape index (κ1) is 9.40. The molecule has 0 saturated heterocycles. The smallest absolute Gasteiger partial charge is 0.152 e. The summed E-state index contributed by atoms with van der Waals surface area (Å²) in [6, 6.07) is 3.88. The summed E-state index contributed by atoms with van der Waals surface area (Å²) in [6.45, 7) is 1.93. The molecule has 2 aromatic heterocycles. The molecule has 14 heavy (non-hydrogen) atoms. The van der Waals surface area contributed by atoms with Crippen LogP contribution in [0.15, 0.2) is 22.7 Å². The number of aromatic nitrogens is 2. The molecule has 0 aliphatic heterocycles. The van der Waals surface area contributed by atoms with E-state index in [9.17, 15) is 0 Å². The SMILES string of the molecule is Cc1ccc(-c2cnc(CCS)[nH]2)o1. The Bertz CT molecular complexity index is 419. The van der Waals surface area contributed by atoms with E-state index < -0.39 is 0 Å². The first-order chi connectivity index (χ1) is 6.79. The van der Waals surface area contributed by atoms with Crippen LogP contribution in [0.4, 0.5) is 0 Å². The Morgan fingerprint density at radius 1 is 1.50 bits per heavy atom. The molecule has 0 aromatic carbocycles. The molecular weight excluding hydrogens is 196 g/mol. The number of thiol groups is 1. The maximum absolute atomic E-state index is 5.47. The number of nitrogens with one attached hydrogen (secondary N) is 1. The molecule has 0 bridgehead atoms. The van der Waals surface area contributed by atoms with Gasteiger partial charge >= 0.3 is 0 Å². The summed E-state index contributed by atoms with van der Waals surface area (Å²) < 4.78 is 5.47. The van der Waals surface area contributed by atoms with Gasteiger partial charge < -0.3 is 9.40 Å². The number of aryl methyl sites for hydroxylation is 2. The molecule has 0 atom stereocenters. The number of hydrogen-bond donors (Lipinski definition) is 2. The van der Waals surface area contributed by atoms with Crippen LogP contribution in [0.1, 0.15) is 11.6 Å². The van der Waals surface area contributed by atoms with Gasteiger partial charge in [-0.25, -0.2) is 4.98 Å². The standard InChI is InChI=1S/C10H12N2OS/c1-7-2-3-9(13-7)8-6-11-10(12-8)4-5-14/h2-3,6,14H,4-5H2,1H3,(H,11,12). The molecule has 2 heterocycles. The number of H-pyrrole nitrogens is 1. The van der Waals surface area contributed by atoms with Crippen molar-refractivity contribution < 1.29 is 4.42 Å². The Hall–Kier alpha value is -1.16. The van der Waals surface area contributed by atoms with Crippen LogP contribution in [-0.4, -0.2) is 15.7 Å². The molecule has 2 rings (SSSR count). The second kappa shape index (κ2) is 3.92. The quantitative estimate of drug-likeness (QED) is 0.761. The van der Waals surface area contributed by atoms with Gasteiger partial charge in [-0.15, -0.1) is 0 Å². The van der Waals surface area contributed by atoms with Gasteiger partial charge in [0.25, 0.3) is 0 Å². The summed E-state index contributed by atoms with van der Waals surface area (Å²) in [7, 11) is 0. The highest BCUT2D eigenvalue weighted by atomic mass is 32.1. The van der Waals surface area contributed by atoms with Gasteiger partial charge in [0, 0.05) is 6.42 Å². The number of imidazole rings is 1. The molecule has 0 radical (unpaired) electrons. The van der Waals surface area contributed by atoms with Crippen molar-refractivity contribution in [2.24, 2.45) is 0 Å².